The van der Waals surface area contributed by atoms with Crippen LogP contribution >= 0.6 is 0 Å². The highest BCUT2D eigenvalue weighted by Crippen LogP contribution is 2.37. The summed E-state index contributed by atoms with van der Waals surface area (Å²) in [5, 5.41) is 14.2. The lowest BCUT2D eigenvalue weighted by Crippen LogP contribution is -2.55. The van der Waals surface area contributed by atoms with Gasteiger partial charge in [0.25, 0.3) is 0 Å². The molecule has 0 aromatic rings. The quantitative estimate of drug-likeness (QED) is 0.604. The van der Waals surface area contributed by atoms with Crippen LogP contribution in [0.1, 0.15) is 57.8 Å². The van der Waals surface area contributed by atoms with Gasteiger partial charge < -0.3 is 20.1 Å². The number of rotatable bonds is 2. The Labute approximate surface area is 140 Å². The molecule has 5 heteroatoms. The fourth-order valence-electron chi connectivity index (χ4n) is 4.58. The molecule has 0 radical (unpaired) electrons. The predicted molar refractivity (Wildman–Crippen MR) is 92.7 cm³/mol. The molecule has 0 amide bonds. The lowest BCUT2D eigenvalue weighted by molar-refractivity contribution is -0.0376. The van der Waals surface area contributed by atoms with Crippen molar-refractivity contribution in [3.8, 4) is 0 Å². The maximum atomic E-state index is 10.7. The molecule has 2 aliphatic heterocycles. The van der Waals surface area contributed by atoms with Crippen molar-refractivity contribution < 1.29 is 9.84 Å². The molecule has 3 rings (SSSR count). The Balaban J connectivity index is 1.57. The lowest BCUT2D eigenvalue weighted by Gasteiger charge is -2.46. The van der Waals surface area contributed by atoms with Crippen LogP contribution in [0.3, 0.4) is 0 Å². The maximum Gasteiger partial charge on any atom is 0.193 e. The van der Waals surface area contributed by atoms with Gasteiger partial charge in [-0.05, 0) is 38.5 Å². The molecule has 1 spiro atoms. The van der Waals surface area contributed by atoms with Crippen molar-refractivity contribution in [1.29, 1.82) is 0 Å². The largest absolute Gasteiger partial charge is 0.388 e. The summed E-state index contributed by atoms with van der Waals surface area (Å²) < 4.78 is 5.77. The molecule has 2 N–H and O–H groups in total. The standard InChI is InChI=1S/C18H33N3O2/c1-19-16(20-13-18(22)9-3-2-4-10-18)21-11-5-7-17(14-21)8-6-12-23-15-17/h22H,2-15H2,1H3,(H,19,20). The van der Waals surface area contributed by atoms with Gasteiger partial charge in [-0.15, -0.1) is 0 Å². The van der Waals surface area contributed by atoms with Crippen LogP contribution in [0.4, 0.5) is 0 Å². The highest BCUT2D eigenvalue weighted by molar-refractivity contribution is 5.80. The molecule has 3 fully saturated rings. The summed E-state index contributed by atoms with van der Waals surface area (Å²) in [7, 11) is 1.85. The van der Waals surface area contributed by atoms with E-state index in [4.69, 9.17) is 4.74 Å². The van der Waals surface area contributed by atoms with Gasteiger partial charge >= 0.3 is 0 Å². The zero-order chi connectivity index (χ0) is 16.2. The summed E-state index contributed by atoms with van der Waals surface area (Å²) in [5.74, 6) is 0.952. The van der Waals surface area contributed by atoms with Crippen molar-refractivity contribution in [1.82, 2.24) is 10.2 Å². The zero-order valence-corrected chi connectivity index (χ0v) is 14.6. The molecule has 1 aliphatic carbocycles. The van der Waals surface area contributed by atoms with Gasteiger partial charge in [-0.3, -0.25) is 4.99 Å². The third-order valence-corrected chi connectivity index (χ3v) is 5.94. The number of likely N-dealkylation sites (tertiary alicyclic amines) is 1. The van der Waals surface area contributed by atoms with Crippen LogP contribution in [-0.4, -0.2) is 61.5 Å². The van der Waals surface area contributed by atoms with E-state index in [1.807, 2.05) is 7.05 Å². The summed E-state index contributed by atoms with van der Waals surface area (Å²) in [6, 6.07) is 0. The van der Waals surface area contributed by atoms with E-state index in [9.17, 15) is 5.11 Å². The second-order valence-electron chi connectivity index (χ2n) is 7.87. The molecule has 1 unspecified atom stereocenters. The second kappa shape index (κ2) is 7.39. The first-order valence-corrected chi connectivity index (χ1v) is 9.41. The minimum atomic E-state index is -0.546. The van der Waals surface area contributed by atoms with Crippen LogP contribution in [0.2, 0.25) is 0 Å². The molecule has 23 heavy (non-hydrogen) atoms. The predicted octanol–water partition coefficient (Wildman–Crippen LogP) is 2.15. The number of guanidine groups is 1. The van der Waals surface area contributed by atoms with E-state index in [2.05, 4.69) is 15.2 Å². The van der Waals surface area contributed by atoms with Crippen molar-refractivity contribution in [3.05, 3.63) is 0 Å². The summed E-state index contributed by atoms with van der Waals surface area (Å²) in [5.41, 5.74) is -0.231. The Hall–Kier alpha value is -0.810. The lowest BCUT2D eigenvalue weighted by atomic mass is 9.76. The monoisotopic (exact) mass is 323 g/mol. The van der Waals surface area contributed by atoms with E-state index in [1.54, 1.807) is 0 Å². The summed E-state index contributed by atoms with van der Waals surface area (Å²) in [6.07, 6.45) is 10.3. The Kier molecular flexibility index (Phi) is 5.47. The number of hydrogen-bond donors (Lipinski definition) is 2. The molecule has 5 nitrogen and oxygen atoms in total. The number of nitrogens with zero attached hydrogens (tertiary/aromatic N) is 2. The Morgan fingerprint density at radius 3 is 2.61 bits per heavy atom. The minimum absolute atomic E-state index is 0.315. The van der Waals surface area contributed by atoms with E-state index in [0.717, 1.165) is 57.9 Å². The first-order valence-electron chi connectivity index (χ1n) is 9.41. The smallest absolute Gasteiger partial charge is 0.193 e. The Morgan fingerprint density at radius 2 is 1.91 bits per heavy atom. The third kappa shape index (κ3) is 4.18. The topological polar surface area (TPSA) is 57.1 Å². The highest BCUT2D eigenvalue weighted by atomic mass is 16.5. The number of nitrogens with one attached hydrogen (secondary N) is 1. The van der Waals surface area contributed by atoms with Crippen molar-refractivity contribution in [3.63, 3.8) is 0 Å². The van der Waals surface area contributed by atoms with Gasteiger partial charge in [-0.2, -0.15) is 0 Å². The van der Waals surface area contributed by atoms with Crippen LogP contribution < -0.4 is 5.32 Å². The van der Waals surface area contributed by atoms with Gasteiger partial charge in [0.2, 0.25) is 0 Å². The summed E-state index contributed by atoms with van der Waals surface area (Å²) in [6.45, 7) is 4.52. The molecule has 0 aromatic carbocycles. The average Bonchev–Trinajstić information content (AvgIpc) is 2.57. The van der Waals surface area contributed by atoms with Gasteiger partial charge in [-0.1, -0.05) is 19.3 Å². The van der Waals surface area contributed by atoms with Gasteiger partial charge in [0.05, 0.1) is 12.2 Å². The van der Waals surface area contributed by atoms with Crippen LogP contribution in [0.5, 0.6) is 0 Å². The molecule has 2 saturated heterocycles. The zero-order valence-electron chi connectivity index (χ0n) is 14.6. The van der Waals surface area contributed by atoms with Crippen molar-refractivity contribution in [2.75, 3.05) is 39.9 Å². The number of aliphatic imine (C=N–C) groups is 1. The molecule has 3 aliphatic rings. The number of hydrogen-bond acceptors (Lipinski definition) is 3. The van der Waals surface area contributed by atoms with Gasteiger partial charge in [0, 0.05) is 38.7 Å². The minimum Gasteiger partial charge on any atom is -0.388 e. The normalized spacial score (nSPS) is 32.1. The molecule has 132 valence electrons. The van der Waals surface area contributed by atoms with Crippen molar-refractivity contribution >= 4 is 5.96 Å². The molecular formula is C18H33N3O2. The van der Waals surface area contributed by atoms with Crippen LogP contribution in [0.25, 0.3) is 0 Å². The fourth-order valence-corrected chi connectivity index (χ4v) is 4.58. The molecule has 2 heterocycles. The van der Waals surface area contributed by atoms with Crippen LogP contribution in [0.15, 0.2) is 4.99 Å². The molecule has 0 aromatic heterocycles. The van der Waals surface area contributed by atoms with E-state index in [-0.39, 0.29) is 0 Å². The van der Waals surface area contributed by atoms with Crippen molar-refractivity contribution in [2.24, 2.45) is 10.4 Å². The summed E-state index contributed by atoms with van der Waals surface area (Å²) in [4.78, 5) is 6.86. The number of ether oxygens (including phenoxy) is 1. The van der Waals surface area contributed by atoms with Crippen molar-refractivity contribution in [2.45, 2.75) is 63.4 Å². The second-order valence-corrected chi connectivity index (χ2v) is 7.87. The first kappa shape index (κ1) is 17.0. The number of aliphatic hydroxyl groups is 1. The first-order chi connectivity index (χ1) is 11.1. The average molecular weight is 323 g/mol. The van der Waals surface area contributed by atoms with Gasteiger partial charge in [-0.25, -0.2) is 0 Å². The van der Waals surface area contributed by atoms with E-state index >= 15 is 0 Å². The summed E-state index contributed by atoms with van der Waals surface area (Å²) >= 11 is 0. The Morgan fingerprint density at radius 1 is 1.13 bits per heavy atom. The molecule has 0 bridgehead atoms. The number of piperidine rings is 1. The maximum absolute atomic E-state index is 10.7. The fraction of sp³-hybridized carbons (Fsp3) is 0.944. The van der Waals surface area contributed by atoms with E-state index in [0.29, 0.717) is 12.0 Å². The van der Waals surface area contributed by atoms with Gasteiger partial charge in [0.1, 0.15) is 0 Å². The molecule has 1 atom stereocenters. The van der Waals surface area contributed by atoms with Crippen LogP contribution in [0, 0.1) is 5.41 Å². The highest BCUT2D eigenvalue weighted by Gasteiger charge is 2.38. The molecule has 1 saturated carbocycles. The van der Waals surface area contributed by atoms with Crippen LogP contribution in [-0.2, 0) is 4.74 Å². The third-order valence-electron chi connectivity index (χ3n) is 5.94. The van der Waals surface area contributed by atoms with E-state index < -0.39 is 5.60 Å². The van der Waals surface area contributed by atoms with E-state index in [1.165, 1.54) is 32.1 Å². The SMILES string of the molecule is CN=C(NCC1(O)CCCCC1)N1CCCC2(CCCOC2)C1. The molecular weight excluding hydrogens is 290 g/mol. The van der Waals surface area contributed by atoms with Gasteiger partial charge in [0.15, 0.2) is 5.96 Å². The Bertz CT molecular complexity index is 407.